The van der Waals surface area contributed by atoms with Gasteiger partial charge in [-0.05, 0) is 62.0 Å². The lowest BCUT2D eigenvalue weighted by Crippen LogP contribution is -2.11. The summed E-state index contributed by atoms with van der Waals surface area (Å²) in [6.07, 6.45) is 4.42. The summed E-state index contributed by atoms with van der Waals surface area (Å²) >= 11 is 3.28. The lowest BCUT2D eigenvalue weighted by Gasteiger charge is -2.06. The highest BCUT2D eigenvalue weighted by molar-refractivity contribution is 7.98. The quantitative estimate of drug-likeness (QED) is 0.832. The molecule has 1 unspecified atom stereocenters. The number of thioether (sulfide) groups is 1. The van der Waals surface area contributed by atoms with Gasteiger partial charge in [0.2, 0.25) is 0 Å². The molecule has 0 bridgehead atoms. The average Bonchev–Trinajstić information content (AvgIpc) is 3.19. The van der Waals surface area contributed by atoms with Gasteiger partial charge < -0.3 is 10.6 Å². The number of hydrogen-bond donors (Lipinski definition) is 2. The predicted octanol–water partition coefficient (Wildman–Crippen LogP) is 4.15. The Hall–Kier alpha value is -1.30. The Labute approximate surface area is 133 Å². The van der Waals surface area contributed by atoms with E-state index in [4.69, 9.17) is 0 Å². The molecule has 1 aliphatic rings. The second-order valence-corrected chi connectivity index (χ2v) is 7.03. The fourth-order valence-electron chi connectivity index (χ4n) is 2.46. The summed E-state index contributed by atoms with van der Waals surface area (Å²) in [6, 6.07) is 12.3. The first-order chi connectivity index (χ1) is 10.3. The average molecular weight is 318 g/mol. The third-order valence-corrected chi connectivity index (χ3v) is 5.54. The zero-order valence-corrected chi connectivity index (χ0v) is 13.5. The lowest BCUT2D eigenvalue weighted by molar-refractivity contribution is 0.103. The van der Waals surface area contributed by atoms with Crippen LogP contribution in [0.4, 0.5) is 5.69 Å². The normalized spacial score (nSPS) is 17.9. The molecule has 110 valence electrons. The molecule has 3 nitrogen and oxygen atoms in total. The molecule has 5 heteroatoms. The summed E-state index contributed by atoms with van der Waals surface area (Å²) in [5.74, 6) is -0.0267. The molecule has 1 amide bonds. The summed E-state index contributed by atoms with van der Waals surface area (Å²) in [5, 5.41) is 6.42. The Kier molecular flexibility index (Phi) is 4.63. The van der Waals surface area contributed by atoms with E-state index in [1.807, 2.05) is 36.6 Å². The van der Waals surface area contributed by atoms with Crippen LogP contribution in [0.15, 0.2) is 41.3 Å². The maximum absolute atomic E-state index is 12.3. The molecule has 1 fully saturated rings. The monoisotopic (exact) mass is 318 g/mol. The Bertz CT molecular complexity index is 615. The van der Waals surface area contributed by atoms with E-state index < -0.39 is 0 Å². The molecule has 0 radical (unpaired) electrons. The second-order valence-electron chi connectivity index (χ2n) is 5.03. The van der Waals surface area contributed by atoms with Crippen molar-refractivity contribution >= 4 is 34.7 Å². The van der Waals surface area contributed by atoms with Crippen LogP contribution >= 0.6 is 23.1 Å². The molecule has 1 atom stereocenters. The molecule has 1 aromatic carbocycles. The van der Waals surface area contributed by atoms with Crippen molar-refractivity contribution in [1.82, 2.24) is 5.32 Å². The minimum atomic E-state index is -0.0267. The van der Waals surface area contributed by atoms with Crippen molar-refractivity contribution in [2.75, 3.05) is 18.1 Å². The summed E-state index contributed by atoms with van der Waals surface area (Å²) in [4.78, 5) is 15.5. The highest BCUT2D eigenvalue weighted by Gasteiger charge is 2.19. The van der Waals surface area contributed by atoms with E-state index in [0.29, 0.717) is 6.04 Å². The fourth-order valence-corrected chi connectivity index (χ4v) is 3.88. The summed E-state index contributed by atoms with van der Waals surface area (Å²) < 4.78 is 0. The Morgan fingerprint density at radius 3 is 2.76 bits per heavy atom. The first kappa shape index (κ1) is 14.6. The SMILES string of the molecule is CSc1ccc(NC(=O)c2ccc(C3CCCN3)s2)cc1. The van der Waals surface area contributed by atoms with E-state index in [-0.39, 0.29) is 5.91 Å². The maximum atomic E-state index is 12.3. The highest BCUT2D eigenvalue weighted by atomic mass is 32.2. The van der Waals surface area contributed by atoms with Crippen LogP contribution in [0.25, 0.3) is 0 Å². The molecule has 2 N–H and O–H groups in total. The number of anilines is 1. The zero-order chi connectivity index (χ0) is 14.7. The van der Waals surface area contributed by atoms with Gasteiger partial charge in [-0.15, -0.1) is 23.1 Å². The number of nitrogens with one attached hydrogen (secondary N) is 2. The van der Waals surface area contributed by atoms with E-state index in [1.54, 1.807) is 23.1 Å². The van der Waals surface area contributed by atoms with Crippen molar-refractivity contribution in [2.24, 2.45) is 0 Å². The van der Waals surface area contributed by atoms with Gasteiger partial charge in [-0.1, -0.05) is 0 Å². The molecule has 0 saturated carbocycles. The fraction of sp³-hybridized carbons (Fsp3) is 0.312. The minimum Gasteiger partial charge on any atom is -0.321 e. The van der Waals surface area contributed by atoms with Gasteiger partial charge in [0, 0.05) is 21.5 Å². The van der Waals surface area contributed by atoms with Crippen LogP contribution in [0.5, 0.6) is 0 Å². The number of carbonyl (C=O) groups is 1. The van der Waals surface area contributed by atoms with Crippen LogP contribution in [-0.2, 0) is 0 Å². The van der Waals surface area contributed by atoms with E-state index in [1.165, 1.54) is 16.2 Å². The molecule has 0 aliphatic carbocycles. The van der Waals surface area contributed by atoms with Gasteiger partial charge >= 0.3 is 0 Å². The lowest BCUT2D eigenvalue weighted by atomic mass is 10.2. The maximum Gasteiger partial charge on any atom is 0.265 e. The van der Waals surface area contributed by atoms with Crippen molar-refractivity contribution in [3.63, 3.8) is 0 Å². The van der Waals surface area contributed by atoms with Crippen LogP contribution < -0.4 is 10.6 Å². The Balaban J connectivity index is 1.67. The van der Waals surface area contributed by atoms with Crippen LogP contribution in [0, 0.1) is 0 Å². The Morgan fingerprint density at radius 2 is 2.10 bits per heavy atom. The van der Waals surface area contributed by atoms with Gasteiger partial charge in [0.1, 0.15) is 0 Å². The standard InChI is InChI=1S/C16H18N2OS2/c1-20-12-6-4-11(5-7-12)18-16(19)15-9-8-14(21-15)13-3-2-10-17-13/h4-9,13,17H,2-3,10H2,1H3,(H,18,19). The topological polar surface area (TPSA) is 41.1 Å². The van der Waals surface area contributed by atoms with Gasteiger partial charge in [0.25, 0.3) is 5.91 Å². The predicted molar refractivity (Wildman–Crippen MR) is 90.5 cm³/mol. The van der Waals surface area contributed by atoms with Crippen molar-refractivity contribution in [3.05, 3.63) is 46.2 Å². The van der Waals surface area contributed by atoms with Crippen molar-refractivity contribution in [2.45, 2.75) is 23.8 Å². The molecule has 2 heterocycles. The smallest absolute Gasteiger partial charge is 0.265 e. The molecular weight excluding hydrogens is 300 g/mol. The molecule has 1 aliphatic heterocycles. The van der Waals surface area contributed by atoms with Gasteiger partial charge in [-0.3, -0.25) is 4.79 Å². The number of benzene rings is 1. The first-order valence-corrected chi connectivity index (χ1v) is 9.09. The molecular formula is C16H18N2OS2. The van der Waals surface area contributed by atoms with Crippen LogP contribution in [0.2, 0.25) is 0 Å². The van der Waals surface area contributed by atoms with Crippen LogP contribution in [0.1, 0.15) is 33.4 Å². The minimum absolute atomic E-state index is 0.0267. The summed E-state index contributed by atoms with van der Waals surface area (Å²) in [7, 11) is 0. The van der Waals surface area contributed by atoms with Gasteiger partial charge in [-0.2, -0.15) is 0 Å². The number of amides is 1. The zero-order valence-electron chi connectivity index (χ0n) is 11.9. The van der Waals surface area contributed by atoms with E-state index in [0.717, 1.165) is 23.5 Å². The summed E-state index contributed by atoms with van der Waals surface area (Å²) in [5.41, 5.74) is 0.840. The first-order valence-electron chi connectivity index (χ1n) is 7.05. The van der Waals surface area contributed by atoms with Crippen molar-refractivity contribution in [1.29, 1.82) is 0 Å². The number of rotatable bonds is 4. The van der Waals surface area contributed by atoms with Gasteiger partial charge in [-0.25, -0.2) is 0 Å². The van der Waals surface area contributed by atoms with Crippen molar-refractivity contribution in [3.8, 4) is 0 Å². The molecule has 2 aromatic rings. The van der Waals surface area contributed by atoms with Crippen LogP contribution in [-0.4, -0.2) is 18.7 Å². The largest absolute Gasteiger partial charge is 0.321 e. The number of hydrogen-bond acceptors (Lipinski definition) is 4. The highest BCUT2D eigenvalue weighted by Crippen LogP contribution is 2.29. The van der Waals surface area contributed by atoms with Gasteiger partial charge in [0.15, 0.2) is 0 Å². The Morgan fingerprint density at radius 1 is 1.29 bits per heavy atom. The molecule has 1 aromatic heterocycles. The van der Waals surface area contributed by atoms with E-state index in [9.17, 15) is 4.79 Å². The third-order valence-electron chi connectivity index (χ3n) is 3.60. The van der Waals surface area contributed by atoms with E-state index in [2.05, 4.69) is 16.7 Å². The summed E-state index contributed by atoms with van der Waals surface area (Å²) in [6.45, 7) is 1.08. The van der Waals surface area contributed by atoms with Crippen molar-refractivity contribution < 1.29 is 4.79 Å². The molecule has 0 spiro atoms. The second kappa shape index (κ2) is 6.64. The number of carbonyl (C=O) groups excluding carboxylic acids is 1. The number of thiophene rings is 1. The molecule has 3 rings (SSSR count). The third kappa shape index (κ3) is 3.48. The van der Waals surface area contributed by atoms with Crippen LogP contribution in [0.3, 0.4) is 0 Å². The van der Waals surface area contributed by atoms with Gasteiger partial charge in [0.05, 0.1) is 4.88 Å². The molecule has 1 saturated heterocycles. The molecule has 21 heavy (non-hydrogen) atoms. The van der Waals surface area contributed by atoms with E-state index >= 15 is 0 Å².